The third-order valence-corrected chi connectivity index (χ3v) is 3.95. The molecule has 0 saturated heterocycles. The number of methoxy groups -OCH3 is 1. The number of anilines is 3. The maximum Gasteiger partial charge on any atom is 0.247 e. The smallest absolute Gasteiger partial charge is 0.247 e. The Balaban J connectivity index is 2.00. The molecular formula is C19H17NO3. The number of hydrogen-bond donors (Lipinski definition) is 0. The van der Waals surface area contributed by atoms with Gasteiger partial charge >= 0.3 is 0 Å². The summed E-state index contributed by atoms with van der Waals surface area (Å²) in [5, 5.41) is 0. The van der Waals surface area contributed by atoms with E-state index in [1.54, 1.807) is 7.11 Å². The highest BCUT2D eigenvalue weighted by Crippen LogP contribution is 2.48. The lowest BCUT2D eigenvalue weighted by Gasteiger charge is -2.24. The average Bonchev–Trinajstić information content (AvgIpc) is 2.88. The zero-order chi connectivity index (χ0) is 15.8. The predicted molar refractivity (Wildman–Crippen MR) is 89.0 cm³/mol. The summed E-state index contributed by atoms with van der Waals surface area (Å²) in [6, 6.07) is 18.0. The van der Waals surface area contributed by atoms with Crippen LogP contribution in [0.5, 0.6) is 11.5 Å². The lowest BCUT2D eigenvalue weighted by molar-refractivity contribution is 0.308. The molecule has 2 aromatic carbocycles. The zero-order valence-corrected chi connectivity index (χ0v) is 13.1. The number of rotatable bonds is 2. The normalized spacial score (nSPS) is 12.9. The first kappa shape index (κ1) is 13.8. The fourth-order valence-corrected chi connectivity index (χ4v) is 2.91. The van der Waals surface area contributed by atoms with Crippen LogP contribution in [-0.4, -0.2) is 7.11 Å². The molecule has 0 N–H and O–H groups in total. The van der Waals surface area contributed by atoms with Gasteiger partial charge in [0.1, 0.15) is 18.1 Å². The van der Waals surface area contributed by atoms with Crippen LogP contribution in [0.15, 0.2) is 59.0 Å². The standard InChI is InChI=1S/C19H17NO3/c1-13-11-18-19(23-13)20(16-9-5-6-10-17(16)21-2)15-8-4-3-7-14(15)12-22-18/h3-11H,12H2,1-2H3. The molecule has 1 aliphatic heterocycles. The quantitative estimate of drug-likeness (QED) is 0.670. The van der Waals surface area contributed by atoms with Crippen molar-refractivity contribution in [2.75, 3.05) is 12.0 Å². The Morgan fingerprint density at radius 2 is 1.74 bits per heavy atom. The first-order valence-corrected chi connectivity index (χ1v) is 7.52. The van der Waals surface area contributed by atoms with Gasteiger partial charge in [-0.15, -0.1) is 0 Å². The van der Waals surface area contributed by atoms with Crippen molar-refractivity contribution in [3.8, 4) is 11.5 Å². The van der Waals surface area contributed by atoms with Crippen molar-refractivity contribution in [2.45, 2.75) is 13.5 Å². The zero-order valence-electron chi connectivity index (χ0n) is 13.1. The van der Waals surface area contributed by atoms with Gasteiger partial charge in [0.25, 0.3) is 0 Å². The van der Waals surface area contributed by atoms with Crippen molar-refractivity contribution in [3.63, 3.8) is 0 Å². The Morgan fingerprint density at radius 1 is 1.00 bits per heavy atom. The summed E-state index contributed by atoms with van der Waals surface area (Å²) in [5.41, 5.74) is 3.05. The van der Waals surface area contributed by atoms with Crippen LogP contribution in [-0.2, 0) is 6.61 Å². The van der Waals surface area contributed by atoms with Crippen molar-refractivity contribution in [3.05, 3.63) is 65.9 Å². The van der Waals surface area contributed by atoms with E-state index in [9.17, 15) is 0 Å². The van der Waals surface area contributed by atoms with E-state index in [1.807, 2.05) is 49.4 Å². The van der Waals surface area contributed by atoms with Crippen LogP contribution in [0.4, 0.5) is 17.3 Å². The molecule has 2 heterocycles. The van der Waals surface area contributed by atoms with E-state index >= 15 is 0 Å². The molecule has 0 radical (unpaired) electrons. The molecule has 0 saturated carbocycles. The van der Waals surface area contributed by atoms with Gasteiger partial charge in [0, 0.05) is 11.6 Å². The largest absolute Gasteiger partial charge is 0.495 e. The summed E-state index contributed by atoms with van der Waals surface area (Å²) in [5.74, 6) is 3.01. The maximum absolute atomic E-state index is 5.95. The second-order valence-corrected chi connectivity index (χ2v) is 5.45. The molecule has 1 aliphatic rings. The minimum atomic E-state index is 0.508. The van der Waals surface area contributed by atoms with E-state index in [-0.39, 0.29) is 0 Å². The van der Waals surface area contributed by atoms with Crippen LogP contribution < -0.4 is 14.4 Å². The van der Waals surface area contributed by atoms with Gasteiger partial charge in [-0.3, -0.25) is 4.90 Å². The first-order chi connectivity index (χ1) is 11.3. The molecule has 1 aromatic heterocycles. The molecule has 4 rings (SSSR count). The van der Waals surface area contributed by atoms with Crippen LogP contribution in [0.1, 0.15) is 11.3 Å². The first-order valence-electron chi connectivity index (χ1n) is 7.52. The summed E-state index contributed by atoms with van der Waals surface area (Å²) in [6.07, 6.45) is 0. The van der Waals surface area contributed by atoms with E-state index in [1.165, 1.54) is 0 Å². The molecule has 4 nitrogen and oxygen atoms in total. The van der Waals surface area contributed by atoms with Crippen molar-refractivity contribution < 1.29 is 13.9 Å². The third kappa shape index (κ3) is 2.23. The molecule has 0 spiro atoms. The van der Waals surface area contributed by atoms with Gasteiger partial charge in [-0.1, -0.05) is 30.3 Å². The highest BCUT2D eigenvalue weighted by molar-refractivity contribution is 5.82. The molecule has 116 valence electrons. The van der Waals surface area contributed by atoms with Crippen molar-refractivity contribution in [2.24, 2.45) is 0 Å². The maximum atomic E-state index is 5.95. The second-order valence-electron chi connectivity index (χ2n) is 5.45. The Labute approximate surface area is 134 Å². The van der Waals surface area contributed by atoms with Crippen LogP contribution in [0.25, 0.3) is 0 Å². The number of benzene rings is 2. The minimum absolute atomic E-state index is 0.508. The lowest BCUT2D eigenvalue weighted by Crippen LogP contribution is -2.11. The van der Waals surface area contributed by atoms with Crippen molar-refractivity contribution >= 4 is 17.3 Å². The van der Waals surface area contributed by atoms with Crippen molar-refractivity contribution in [1.82, 2.24) is 0 Å². The van der Waals surface area contributed by atoms with Gasteiger partial charge in [0.05, 0.1) is 18.5 Å². The van der Waals surface area contributed by atoms with Crippen molar-refractivity contribution in [1.29, 1.82) is 0 Å². The molecule has 0 bridgehead atoms. The number of hydrogen-bond acceptors (Lipinski definition) is 4. The molecule has 0 aliphatic carbocycles. The van der Waals surface area contributed by atoms with Crippen LogP contribution in [0, 0.1) is 6.92 Å². The fourth-order valence-electron chi connectivity index (χ4n) is 2.91. The van der Waals surface area contributed by atoms with Crippen LogP contribution in [0.2, 0.25) is 0 Å². The molecule has 3 aromatic rings. The number of aryl methyl sites for hydroxylation is 1. The Bertz CT molecular complexity index is 853. The highest BCUT2D eigenvalue weighted by Gasteiger charge is 2.28. The van der Waals surface area contributed by atoms with E-state index in [4.69, 9.17) is 13.9 Å². The van der Waals surface area contributed by atoms with Gasteiger partial charge in [-0.2, -0.15) is 0 Å². The molecule has 4 heteroatoms. The highest BCUT2D eigenvalue weighted by atomic mass is 16.5. The number of fused-ring (bicyclic) bond motifs is 2. The predicted octanol–water partition coefficient (Wildman–Crippen LogP) is 4.96. The summed E-state index contributed by atoms with van der Waals surface area (Å²) >= 11 is 0. The Hall–Kier alpha value is -2.88. The van der Waals surface area contributed by atoms with E-state index in [0.29, 0.717) is 12.5 Å². The van der Waals surface area contributed by atoms with Gasteiger partial charge in [-0.25, -0.2) is 0 Å². The van der Waals surface area contributed by atoms with Crippen LogP contribution in [0.3, 0.4) is 0 Å². The number of furan rings is 1. The summed E-state index contributed by atoms with van der Waals surface area (Å²) in [7, 11) is 1.67. The number of ether oxygens (including phenoxy) is 2. The van der Waals surface area contributed by atoms with E-state index in [0.717, 1.165) is 34.2 Å². The summed E-state index contributed by atoms with van der Waals surface area (Å²) < 4.78 is 17.5. The Kier molecular flexibility index (Phi) is 3.23. The molecular weight excluding hydrogens is 290 g/mol. The number of para-hydroxylation sites is 3. The van der Waals surface area contributed by atoms with Gasteiger partial charge < -0.3 is 13.9 Å². The Morgan fingerprint density at radius 3 is 2.57 bits per heavy atom. The SMILES string of the molecule is COc1ccccc1N1c2ccccc2COc2cc(C)oc21. The molecule has 0 amide bonds. The molecule has 23 heavy (non-hydrogen) atoms. The molecule has 0 unspecified atom stereocenters. The lowest BCUT2D eigenvalue weighted by atomic mass is 10.1. The van der Waals surface area contributed by atoms with E-state index in [2.05, 4.69) is 17.0 Å². The van der Waals surface area contributed by atoms with Gasteiger partial charge in [0.15, 0.2) is 5.75 Å². The molecule has 0 atom stereocenters. The second kappa shape index (κ2) is 5.39. The molecule has 0 fully saturated rings. The third-order valence-electron chi connectivity index (χ3n) is 3.95. The van der Waals surface area contributed by atoms with Crippen LogP contribution >= 0.6 is 0 Å². The topological polar surface area (TPSA) is 34.8 Å². The van der Waals surface area contributed by atoms with Gasteiger partial charge in [-0.05, 0) is 25.1 Å². The summed E-state index contributed by atoms with van der Waals surface area (Å²) in [6.45, 7) is 2.43. The fraction of sp³-hybridized carbons (Fsp3) is 0.158. The van der Waals surface area contributed by atoms with Gasteiger partial charge in [0.2, 0.25) is 5.88 Å². The van der Waals surface area contributed by atoms with E-state index < -0.39 is 0 Å². The summed E-state index contributed by atoms with van der Waals surface area (Å²) in [4.78, 5) is 2.06. The average molecular weight is 307 g/mol. The number of nitrogens with zero attached hydrogens (tertiary/aromatic N) is 1. The monoisotopic (exact) mass is 307 g/mol. The minimum Gasteiger partial charge on any atom is -0.495 e.